The van der Waals surface area contributed by atoms with Crippen LogP contribution in [0.4, 0.5) is 8.78 Å². The molecule has 1 rings (SSSR count). The lowest BCUT2D eigenvalue weighted by Crippen LogP contribution is -2.32. The standard InChI is InChI=1S/C6H9F2S/c7-6(8)4-2-1-3-5(6)9/h5H,1-4H2. The second-order valence-corrected chi connectivity index (χ2v) is 3.06. The molecule has 53 valence electrons. The molecule has 0 aliphatic heterocycles. The van der Waals surface area contributed by atoms with Crippen molar-refractivity contribution in [3.05, 3.63) is 0 Å². The summed E-state index contributed by atoms with van der Waals surface area (Å²) in [6, 6.07) is 0. The van der Waals surface area contributed by atoms with Crippen LogP contribution < -0.4 is 0 Å². The van der Waals surface area contributed by atoms with Crippen LogP contribution in [0.5, 0.6) is 0 Å². The van der Waals surface area contributed by atoms with Crippen molar-refractivity contribution in [1.82, 2.24) is 0 Å². The predicted molar refractivity (Wildman–Crippen MR) is 34.8 cm³/mol. The van der Waals surface area contributed by atoms with Gasteiger partial charge >= 0.3 is 0 Å². The van der Waals surface area contributed by atoms with Crippen molar-refractivity contribution >= 4 is 12.6 Å². The van der Waals surface area contributed by atoms with Crippen LogP contribution >= 0.6 is 12.6 Å². The molecule has 3 heteroatoms. The van der Waals surface area contributed by atoms with E-state index >= 15 is 0 Å². The maximum absolute atomic E-state index is 12.5. The molecule has 1 saturated carbocycles. The monoisotopic (exact) mass is 151 g/mol. The van der Waals surface area contributed by atoms with E-state index in [0.717, 1.165) is 6.42 Å². The van der Waals surface area contributed by atoms with Gasteiger partial charge in [0, 0.05) is 6.42 Å². The summed E-state index contributed by atoms with van der Waals surface area (Å²) < 4.78 is 25.0. The first-order valence-electron chi connectivity index (χ1n) is 3.16. The third kappa shape index (κ3) is 1.57. The van der Waals surface area contributed by atoms with Gasteiger partial charge in [-0.05, 0) is 12.8 Å². The fourth-order valence-electron chi connectivity index (χ4n) is 1.06. The van der Waals surface area contributed by atoms with Gasteiger partial charge in [-0.3, -0.25) is 0 Å². The molecule has 0 nitrogen and oxygen atoms in total. The number of hydrogen-bond acceptors (Lipinski definition) is 0. The number of alkyl halides is 2. The van der Waals surface area contributed by atoms with Gasteiger partial charge in [-0.25, -0.2) is 8.78 Å². The molecule has 1 radical (unpaired) electrons. The Morgan fingerprint density at radius 3 is 2.33 bits per heavy atom. The van der Waals surface area contributed by atoms with E-state index in [0.29, 0.717) is 12.8 Å². The Hall–Kier alpha value is 0.210. The smallest absolute Gasteiger partial charge is 0.206 e. The minimum Gasteiger partial charge on any atom is -0.206 e. The highest BCUT2D eigenvalue weighted by Crippen LogP contribution is 2.36. The van der Waals surface area contributed by atoms with Crippen LogP contribution in [0.25, 0.3) is 0 Å². The molecule has 1 aliphatic rings. The van der Waals surface area contributed by atoms with E-state index in [1.807, 2.05) is 0 Å². The largest absolute Gasteiger partial charge is 0.260 e. The van der Waals surface area contributed by atoms with Crippen molar-refractivity contribution in [2.75, 3.05) is 0 Å². The van der Waals surface area contributed by atoms with Crippen molar-refractivity contribution < 1.29 is 8.78 Å². The molecule has 1 unspecified atom stereocenters. The molecule has 1 fully saturated rings. The van der Waals surface area contributed by atoms with Gasteiger partial charge in [0.1, 0.15) is 0 Å². The van der Waals surface area contributed by atoms with Gasteiger partial charge in [-0.1, -0.05) is 19.0 Å². The molecule has 1 atom stereocenters. The second-order valence-electron chi connectivity index (χ2n) is 2.50. The van der Waals surface area contributed by atoms with Gasteiger partial charge in [0.25, 0.3) is 5.92 Å². The van der Waals surface area contributed by atoms with Crippen molar-refractivity contribution in [1.29, 1.82) is 0 Å². The first-order chi connectivity index (χ1) is 4.13. The van der Waals surface area contributed by atoms with Crippen molar-refractivity contribution in [3.63, 3.8) is 0 Å². The maximum atomic E-state index is 12.5. The summed E-state index contributed by atoms with van der Waals surface area (Å²) in [6.07, 6.45) is 2.04. The highest BCUT2D eigenvalue weighted by atomic mass is 32.1. The van der Waals surface area contributed by atoms with Crippen LogP contribution in [0.2, 0.25) is 0 Å². The van der Waals surface area contributed by atoms with Crippen molar-refractivity contribution in [3.8, 4) is 0 Å². The molecular formula is C6H9F2S. The Bertz CT molecular complexity index is 103. The second kappa shape index (κ2) is 2.45. The Labute approximate surface area is 59.0 Å². The van der Waals surface area contributed by atoms with Crippen LogP contribution in [0.3, 0.4) is 0 Å². The number of hydrogen-bond donors (Lipinski definition) is 0. The zero-order valence-electron chi connectivity index (χ0n) is 5.07. The molecule has 0 saturated heterocycles. The lowest BCUT2D eigenvalue weighted by atomic mass is 9.96. The normalized spacial score (nSPS) is 34.3. The number of rotatable bonds is 0. The topological polar surface area (TPSA) is 0 Å². The zero-order valence-corrected chi connectivity index (χ0v) is 5.89. The molecule has 1 aliphatic carbocycles. The van der Waals surface area contributed by atoms with Gasteiger partial charge in [0.2, 0.25) is 0 Å². The third-order valence-electron chi connectivity index (χ3n) is 1.70. The minimum absolute atomic E-state index is 0.00116. The van der Waals surface area contributed by atoms with Crippen LogP contribution in [0.1, 0.15) is 25.7 Å². The molecular weight excluding hydrogens is 142 g/mol. The molecule has 0 aromatic carbocycles. The summed E-state index contributed by atoms with van der Waals surface area (Å²) in [6.45, 7) is 0. The van der Waals surface area contributed by atoms with Crippen LogP contribution in [-0.2, 0) is 0 Å². The highest BCUT2D eigenvalue weighted by molar-refractivity contribution is 7.81. The Kier molecular flexibility index (Phi) is 1.99. The molecule has 9 heavy (non-hydrogen) atoms. The predicted octanol–water partition coefficient (Wildman–Crippen LogP) is 2.76. The lowest BCUT2D eigenvalue weighted by molar-refractivity contribution is -0.0264. The van der Waals surface area contributed by atoms with Crippen LogP contribution in [0.15, 0.2) is 0 Å². The minimum atomic E-state index is -2.55. The van der Waals surface area contributed by atoms with E-state index in [1.54, 1.807) is 0 Å². The molecule has 0 aromatic heterocycles. The zero-order chi connectivity index (χ0) is 6.91. The fourth-order valence-corrected chi connectivity index (χ4v) is 1.35. The van der Waals surface area contributed by atoms with E-state index in [-0.39, 0.29) is 6.42 Å². The molecule has 0 amide bonds. The SMILES string of the molecule is FC1(F)CCCCC1[S]. The summed E-state index contributed by atoms with van der Waals surface area (Å²) >= 11 is 4.58. The van der Waals surface area contributed by atoms with Crippen LogP contribution in [-0.4, -0.2) is 11.2 Å². The molecule has 0 spiro atoms. The quantitative estimate of drug-likeness (QED) is 0.499. The van der Waals surface area contributed by atoms with Crippen molar-refractivity contribution in [2.24, 2.45) is 0 Å². The van der Waals surface area contributed by atoms with Gasteiger partial charge in [0.15, 0.2) is 0 Å². The summed E-state index contributed by atoms with van der Waals surface area (Å²) in [7, 11) is 0. The summed E-state index contributed by atoms with van der Waals surface area (Å²) in [5.74, 6) is -2.55. The third-order valence-corrected chi connectivity index (χ3v) is 2.28. The van der Waals surface area contributed by atoms with E-state index in [2.05, 4.69) is 12.6 Å². The fraction of sp³-hybridized carbons (Fsp3) is 1.00. The first kappa shape index (κ1) is 7.32. The van der Waals surface area contributed by atoms with E-state index < -0.39 is 11.2 Å². The van der Waals surface area contributed by atoms with E-state index in [4.69, 9.17) is 0 Å². The Morgan fingerprint density at radius 1 is 1.33 bits per heavy atom. The molecule has 0 heterocycles. The maximum Gasteiger partial charge on any atom is 0.260 e. The average Bonchev–Trinajstić information content (AvgIpc) is 1.77. The van der Waals surface area contributed by atoms with Crippen LogP contribution in [0, 0.1) is 0 Å². The van der Waals surface area contributed by atoms with E-state index in [1.165, 1.54) is 0 Å². The van der Waals surface area contributed by atoms with Gasteiger partial charge < -0.3 is 0 Å². The Balaban J connectivity index is 2.49. The Morgan fingerprint density at radius 2 is 2.00 bits per heavy atom. The summed E-state index contributed by atoms with van der Waals surface area (Å²) in [5, 5.41) is -0.800. The molecule has 0 N–H and O–H groups in total. The highest BCUT2D eigenvalue weighted by Gasteiger charge is 2.39. The van der Waals surface area contributed by atoms with Crippen molar-refractivity contribution in [2.45, 2.75) is 36.9 Å². The molecule has 0 bridgehead atoms. The summed E-state index contributed by atoms with van der Waals surface area (Å²) in [5.41, 5.74) is 0. The number of halogens is 2. The lowest BCUT2D eigenvalue weighted by Gasteiger charge is -2.26. The van der Waals surface area contributed by atoms with Gasteiger partial charge in [-0.15, -0.1) is 0 Å². The molecule has 0 aromatic rings. The average molecular weight is 151 g/mol. The van der Waals surface area contributed by atoms with Gasteiger partial charge in [-0.2, -0.15) is 0 Å². The summed E-state index contributed by atoms with van der Waals surface area (Å²) in [4.78, 5) is 0. The van der Waals surface area contributed by atoms with E-state index in [9.17, 15) is 8.78 Å². The van der Waals surface area contributed by atoms with Gasteiger partial charge in [0.05, 0.1) is 5.25 Å². The first-order valence-corrected chi connectivity index (χ1v) is 3.64.